The maximum absolute atomic E-state index is 11.9. The number of amides is 2. The first-order valence-electron chi connectivity index (χ1n) is 7.46. The summed E-state index contributed by atoms with van der Waals surface area (Å²) in [5.74, 6) is -0.562. The van der Waals surface area contributed by atoms with E-state index < -0.39 is 5.91 Å². The van der Waals surface area contributed by atoms with Gasteiger partial charge in [-0.2, -0.15) is 0 Å². The third-order valence-electron chi connectivity index (χ3n) is 3.84. The van der Waals surface area contributed by atoms with Crippen LogP contribution in [0.2, 0.25) is 0 Å². The first-order valence-corrected chi connectivity index (χ1v) is 7.46. The van der Waals surface area contributed by atoms with Gasteiger partial charge in [0.2, 0.25) is 5.91 Å². The van der Waals surface area contributed by atoms with Gasteiger partial charge < -0.3 is 4.42 Å². The lowest BCUT2D eigenvalue weighted by molar-refractivity contribution is -0.121. The molecule has 1 aromatic heterocycles. The summed E-state index contributed by atoms with van der Waals surface area (Å²) in [5, 5.41) is 0. The molecule has 0 atom stereocenters. The van der Waals surface area contributed by atoms with Crippen molar-refractivity contribution in [1.82, 2.24) is 10.9 Å². The summed E-state index contributed by atoms with van der Waals surface area (Å²) >= 11 is 0. The molecule has 114 valence electrons. The molecule has 3 rings (SSSR count). The van der Waals surface area contributed by atoms with Gasteiger partial charge in [0.25, 0.3) is 0 Å². The third-order valence-corrected chi connectivity index (χ3v) is 3.84. The average molecular weight is 298 g/mol. The summed E-state index contributed by atoms with van der Waals surface area (Å²) in [6.07, 6.45) is 6.31. The number of hydrogen-bond donors (Lipinski definition) is 2. The van der Waals surface area contributed by atoms with E-state index in [0.717, 1.165) is 18.4 Å². The monoisotopic (exact) mass is 298 g/mol. The van der Waals surface area contributed by atoms with E-state index in [-0.39, 0.29) is 18.1 Å². The van der Waals surface area contributed by atoms with Crippen molar-refractivity contribution in [2.24, 2.45) is 0 Å². The van der Waals surface area contributed by atoms with E-state index in [1.54, 1.807) is 6.07 Å². The van der Waals surface area contributed by atoms with Gasteiger partial charge in [-0.05, 0) is 54.5 Å². The molecular formula is C17H18N2O3. The molecule has 5 heteroatoms. The molecule has 0 aliphatic heterocycles. The van der Waals surface area contributed by atoms with Crippen LogP contribution < -0.4 is 10.9 Å². The summed E-state index contributed by atoms with van der Waals surface area (Å²) in [4.78, 5) is 23.5. The zero-order chi connectivity index (χ0) is 15.4. The molecule has 1 aliphatic rings. The van der Waals surface area contributed by atoms with Crippen LogP contribution in [-0.2, 0) is 24.1 Å². The molecule has 0 saturated carbocycles. The Morgan fingerprint density at radius 2 is 1.86 bits per heavy atom. The van der Waals surface area contributed by atoms with Gasteiger partial charge in [-0.1, -0.05) is 18.2 Å². The predicted molar refractivity (Wildman–Crippen MR) is 81.1 cm³/mol. The van der Waals surface area contributed by atoms with Gasteiger partial charge in [-0.3, -0.25) is 20.4 Å². The number of hydrazine groups is 1. The van der Waals surface area contributed by atoms with Crippen LogP contribution in [0.1, 0.15) is 40.1 Å². The van der Waals surface area contributed by atoms with Crippen LogP contribution in [0, 0.1) is 0 Å². The molecule has 1 aromatic carbocycles. The second-order valence-electron chi connectivity index (χ2n) is 5.47. The summed E-state index contributed by atoms with van der Waals surface area (Å²) in [6.45, 7) is 0. The Morgan fingerprint density at radius 3 is 2.64 bits per heavy atom. The minimum atomic E-state index is -0.469. The molecule has 1 heterocycles. The zero-order valence-electron chi connectivity index (χ0n) is 12.2. The third kappa shape index (κ3) is 3.36. The second-order valence-corrected chi connectivity index (χ2v) is 5.47. The molecule has 0 saturated heterocycles. The van der Waals surface area contributed by atoms with E-state index in [1.807, 2.05) is 6.07 Å². The highest BCUT2D eigenvalue weighted by molar-refractivity contribution is 5.93. The SMILES string of the molecule is O=C(Cc1ccc2c(c1)CCCC2)NNC(=O)c1ccco1. The summed E-state index contributed by atoms with van der Waals surface area (Å²) < 4.78 is 4.94. The number of fused-ring (bicyclic) bond motifs is 1. The number of carbonyl (C=O) groups is 2. The van der Waals surface area contributed by atoms with Crippen LogP contribution in [-0.4, -0.2) is 11.8 Å². The second kappa shape index (κ2) is 6.47. The van der Waals surface area contributed by atoms with E-state index in [0.29, 0.717) is 0 Å². The fourth-order valence-corrected chi connectivity index (χ4v) is 2.72. The Hall–Kier alpha value is -2.56. The lowest BCUT2D eigenvalue weighted by Gasteiger charge is -2.16. The predicted octanol–water partition coefficient (Wildman–Crippen LogP) is 2.16. The molecule has 5 nitrogen and oxygen atoms in total. The first-order chi connectivity index (χ1) is 10.7. The van der Waals surface area contributed by atoms with Gasteiger partial charge >= 0.3 is 5.91 Å². The molecular weight excluding hydrogens is 280 g/mol. The molecule has 0 spiro atoms. The van der Waals surface area contributed by atoms with E-state index >= 15 is 0 Å². The Labute approximate surface area is 128 Å². The highest BCUT2D eigenvalue weighted by atomic mass is 16.3. The topological polar surface area (TPSA) is 71.3 Å². The Kier molecular flexibility index (Phi) is 4.23. The van der Waals surface area contributed by atoms with Gasteiger partial charge in [0.05, 0.1) is 12.7 Å². The number of benzene rings is 1. The lowest BCUT2D eigenvalue weighted by Crippen LogP contribution is -2.42. The van der Waals surface area contributed by atoms with Crippen molar-refractivity contribution < 1.29 is 14.0 Å². The van der Waals surface area contributed by atoms with Crippen LogP contribution in [0.3, 0.4) is 0 Å². The molecule has 22 heavy (non-hydrogen) atoms. The number of rotatable bonds is 3. The molecule has 0 unspecified atom stereocenters. The minimum Gasteiger partial charge on any atom is -0.459 e. The van der Waals surface area contributed by atoms with Crippen molar-refractivity contribution in [1.29, 1.82) is 0 Å². The van der Waals surface area contributed by atoms with Crippen LogP contribution >= 0.6 is 0 Å². The van der Waals surface area contributed by atoms with E-state index in [9.17, 15) is 9.59 Å². The van der Waals surface area contributed by atoms with Crippen molar-refractivity contribution in [3.05, 3.63) is 59.0 Å². The van der Waals surface area contributed by atoms with Gasteiger partial charge in [0, 0.05) is 0 Å². The normalized spacial score (nSPS) is 13.3. The number of hydrogen-bond acceptors (Lipinski definition) is 3. The van der Waals surface area contributed by atoms with E-state index in [2.05, 4.69) is 23.0 Å². The van der Waals surface area contributed by atoms with Crippen LogP contribution in [0.4, 0.5) is 0 Å². The quantitative estimate of drug-likeness (QED) is 0.853. The fourth-order valence-electron chi connectivity index (χ4n) is 2.72. The zero-order valence-corrected chi connectivity index (χ0v) is 12.2. The van der Waals surface area contributed by atoms with Crippen LogP contribution in [0.15, 0.2) is 41.0 Å². The Balaban J connectivity index is 1.54. The van der Waals surface area contributed by atoms with Crippen LogP contribution in [0.5, 0.6) is 0 Å². The van der Waals surface area contributed by atoms with E-state index in [4.69, 9.17) is 4.42 Å². The Morgan fingerprint density at radius 1 is 1.05 bits per heavy atom. The van der Waals surface area contributed by atoms with Crippen molar-refractivity contribution >= 4 is 11.8 Å². The fraction of sp³-hybridized carbons (Fsp3) is 0.294. The van der Waals surface area contributed by atoms with Crippen molar-refractivity contribution in [2.45, 2.75) is 32.1 Å². The molecule has 0 radical (unpaired) electrons. The summed E-state index contributed by atoms with van der Waals surface area (Å²) in [6, 6.07) is 9.34. The summed E-state index contributed by atoms with van der Waals surface area (Å²) in [5.41, 5.74) is 8.43. The highest BCUT2D eigenvalue weighted by Gasteiger charge is 2.12. The maximum atomic E-state index is 11.9. The Bertz CT molecular complexity index is 677. The molecule has 1 aliphatic carbocycles. The summed E-state index contributed by atoms with van der Waals surface area (Å²) in [7, 11) is 0. The van der Waals surface area contributed by atoms with E-state index in [1.165, 1.54) is 36.3 Å². The van der Waals surface area contributed by atoms with Gasteiger partial charge in [0.1, 0.15) is 0 Å². The van der Waals surface area contributed by atoms with Gasteiger partial charge in [0.15, 0.2) is 5.76 Å². The molecule has 2 amide bonds. The standard InChI is InChI=1S/C17H18N2O3/c20-16(18-19-17(21)15-6-3-9-22-15)11-12-7-8-13-4-1-2-5-14(13)10-12/h3,6-10H,1-2,4-5,11H2,(H,18,20)(H,19,21). The molecule has 0 fully saturated rings. The average Bonchev–Trinajstić information content (AvgIpc) is 3.07. The van der Waals surface area contributed by atoms with Crippen molar-refractivity contribution in [3.8, 4) is 0 Å². The number of furan rings is 1. The largest absolute Gasteiger partial charge is 0.459 e. The smallest absolute Gasteiger partial charge is 0.305 e. The number of aryl methyl sites for hydroxylation is 2. The molecule has 2 aromatic rings. The number of nitrogens with one attached hydrogen (secondary N) is 2. The highest BCUT2D eigenvalue weighted by Crippen LogP contribution is 2.22. The van der Waals surface area contributed by atoms with Gasteiger partial charge in [-0.25, -0.2) is 0 Å². The minimum absolute atomic E-state index is 0.161. The van der Waals surface area contributed by atoms with Gasteiger partial charge in [-0.15, -0.1) is 0 Å². The van der Waals surface area contributed by atoms with Crippen molar-refractivity contribution in [2.75, 3.05) is 0 Å². The molecule has 0 bridgehead atoms. The lowest BCUT2D eigenvalue weighted by atomic mass is 9.90. The first kappa shape index (κ1) is 14.4. The maximum Gasteiger partial charge on any atom is 0.305 e. The molecule has 2 N–H and O–H groups in total. The van der Waals surface area contributed by atoms with Crippen LogP contribution in [0.25, 0.3) is 0 Å². The van der Waals surface area contributed by atoms with Crippen molar-refractivity contribution in [3.63, 3.8) is 0 Å². The number of carbonyl (C=O) groups excluding carboxylic acids is 2.